The second-order valence-corrected chi connectivity index (χ2v) is 5.76. The summed E-state index contributed by atoms with van der Waals surface area (Å²) in [4.78, 5) is 1.49. The van der Waals surface area contributed by atoms with Gasteiger partial charge >= 0.3 is 0 Å². The number of nitrogens with one attached hydrogen (secondary N) is 1. The van der Waals surface area contributed by atoms with E-state index in [4.69, 9.17) is 4.74 Å². The van der Waals surface area contributed by atoms with Crippen LogP contribution in [0.2, 0.25) is 0 Å². The van der Waals surface area contributed by atoms with E-state index in [0.29, 0.717) is 12.5 Å². The zero-order valence-corrected chi connectivity index (χ0v) is 13.9. The van der Waals surface area contributed by atoms with Crippen LogP contribution in [0.15, 0.2) is 28.7 Å². The van der Waals surface area contributed by atoms with Gasteiger partial charge in [0.25, 0.3) is 0 Å². The van der Waals surface area contributed by atoms with Gasteiger partial charge in [0.15, 0.2) is 5.82 Å². The molecule has 0 saturated heterocycles. The Morgan fingerprint density at radius 3 is 2.71 bits per heavy atom. The molecule has 114 valence electrons. The van der Waals surface area contributed by atoms with Gasteiger partial charge in [-0.1, -0.05) is 28.1 Å². The van der Waals surface area contributed by atoms with Gasteiger partial charge in [-0.05, 0) is 22.9 Å². The molecule has 1 atom stereocenters. The molecule has 1 N–H and O–H groups in total. The number of methoxy groups -OCH3 is 1. The molecule has 0 aliphatic heterocycles. The molecule has 7 heteroatoms. The molecular weight excluding hydrogens is 334 g/mol. The summed E-state index contributed by atoms with van der Waals surface area (Å²) in [6.07, 6.45) is 0.759. The van der Waals surface area contributed by atoms with Crippen LogP contribution in [0, 0.1) is 0 Å². The number of halogens is 1. The molecule has 1 heterocycles. The van der Waals surface area contributed by atoms with E-state index in [9.17, 15) is 0 Å². The van der Waals surface area contributed by atoms with Crippen molar-refractivity contribution in [1.82, 2.24) is 25.5 Å². The van der Waals surface area contributed by atoms with Crippen molar-refractivity contribution in [2.24, 2.45) is 7.05 Å². The minimum absolute atomic E-state index is 0.305. The van der Waals surface area contributed by atoms with Crippen LogP contribution in [-0.2, 0) is 18.2 Å². The Hall–Kier alpha value is -1.31. The normalized spacial score (nSPS) is 12.5. The minimum Gasteiger partial charge on any atom is -0.383 e. The van der Waals surface area contributed by atoms with Crippen molar-refractivity contribution in [3.8, 4) is 0 Å². The Morgan fingerprint density at radius 1 is 1.33 bits per heavy atom. The van der Waals surface area contributed by atoms with E-state index in [1.165, 1.54) is 10.4 Å². The summed E-state index contributed by atoms with van der Waals surface area (Å²) < 4.78 is 6.14. The average molecular weight is 354 g/mol. The smallest absolute Gasteiger partial charge is 0.175 e. The summed E-state index contributed by atoms with van der Waals surface area (Å²) in [6, 6.07) is 8.37. The highest BCUT2D eigenvalue weighted by Crippen LogP contribution is 2.21. The van der Waals surface area contributed by atoms with E-state index < -0.39 is 0 Å². The van der Waals surface area contributed by atoms with E-state index in [1.807, 2.05) is 0 Å². The van der Waals surface area contributed by atoms with E-state index in [1.54, 1.807) is 14.2 Å². The standard InChI is InChI=1S/C14H20BrN5O/c1-20-18-14(17-19-20)9-12(10-16-7-8-21-2)11-3-5-13(15)6-4-11/h3-6,12,16H,7-10H2,1-2H3. The number of hydrogen-bond donors (Lipinski definition) is 1. The van der Waals surface area contributed by atoms with Crippen LogP contribution in [0.5, 0.6) is 0 Å². The van der Waals surface area contributed by atoms with Gasteiger partial charge in [-0.3, -0.25) is 0 Å². The third kappa shape index (κ3) is 5.18. The summed E-state index contributed by atoms with van der Waals surface area (Å²) in [7, 11) is 3.49. The zero-order valence-electron chi connectivity index (χ0n) is 12.3. The Morgan fingerprint density at radius 2 is 2.10 bits per heavy atom. The van der Waals surface area contributed by atoms with Gasteiger partial charge in [-0.2, -0.15) is 4.80 Å². The predicted octanol–water partition coefficient (Wildman–Crippen LogP) is 1.53. The zero-order chi connectivity index (χ0) is 15.1. The summed E-state index contributed by atoms with van der Waals surface area (Å²) >= 11 is 3.47. The average Bonchev–Trinajstić information content (AvgIpc) is 2.88. The van der Waals surface area contributed by atoms with E-state index in [2.05, 4.69) is 60.9 Å². The Bertz CT molecular complexity index is 543. The maximum absolute atomic E-state index is 5.06. The summed E-state index contributed by atoms with van der Waals surface area (Å²) in [5.74, 6) is 1.07. The highest BCUT2D eigenvalue weighted by atomic mass is 79.9. The third-order valence-electron chi connectivity index (χ3n) is 3.19. The Balaban J connectivity index is 2.04. The first-order valence-corrected chi connectivity index (χ1v) is 7.66. The van der Waals surface area contributed by atoms with Gasteiger partial charge in [-0.15, -0.1) is 10.2 Å². The van der Waals surface area contributed by atoms with Crippen LogP contribution in [-0.4, -0.2) is 47.0 Å². The molecular formula is C14H20BrN5O. The molecule has 1 unspecified atom stereocenters. The number of tetrazole rings is 1. The molecule has 0 radical (unpaired) electrons. The summed E-state index contributed by atoms with van der Waals surface area (Å²) in [6.45, 7) is 2.39. The van der Waals surface area contributed by atoms with E-state index in [-0.39, 0.29) is 0 Å². The molecule has 0 bridgehead atoms. The van der Waals surface area contributed by atoms with Gasteiger partial charge in [0, 0.05) is 37.0 Å². The SMILES string of the molecule is COCCNCC(Cc1nnn(C)n1)c1ccc(Br)cc1. The van der Waals surface area contributed by atoms with Crippen molar-refractivity contribution < 1.29 is 4.74 Å². The molecule has 0 fully saturated rings. The molecule has 21 heavy (non-hydrogen) atoms. The Labute approximate surface area is 133 Å². The van der Waals surface area contributed by atoms with Crippen LogP contribution < -0.4 is 5.32 Å². The number of ether oxygens (including phenoxy) is 1. The predicted molar refractivity (Wildman–Crippen MR) is 84.1 cm³/mol. The summed E-state index contributed by atoms with van der Waals surface area (Å²) in [5.41, 5.74) is 1.26. The molecule has 2 aromatic rings. The number of aromatic nitrogens is 4. The molecule has 0 aliphatic rings. The lowest BCUT2D eigenvalue weighted by Gasteiger charge is -2.16. The van der Waals surface area contributed by atoms with Crippen LogP contribution in [0.3, 0.4) is 0 Å². The van der Waals surface area contributed by atoms with Gasteiger partial charge in [0.2, 0.25) is 0 Å². The minimum atomic E-state index is 0.305. The van der Waals surface area contributed by atoms with Gasteiger partial charge in [0.1, 0.15) is 0 Å². The van der Waals surface area contributed by atoms with E-state index in [0.717, 1.165) is 29.8 Å². The van der Waals surface area contributed by atoms with Gasteiger partial charge < -0.3 is 10.1 Å². The van der Waals surface area contributed by atoms with E-state index >= 15 is 0 Å². The van der Waals surface area contributed by atoms with Crippen molar-refractivity contribution in [1.29, 1.82) is 0 Å². The summed E-state index contributed by atoms with van der Waals surface area (Å²) in [5, 5.41) is 15.7. The largest absolute Gasteiger partial charge is 0.383 e. The first kappa shape index (κ1) is 16.1. The fourth-order valence-electron chi connectivity index (χ4n) is 2.12. The Kier molecular flexibility index (Phi) is 6.28. The lowest BCUT2D eigenvalue weighted by atomic mass is 9.95. The molecule has 0 saturated carbocycles. The number of nitrogens with zero attached hydrogens (tertiary/aromatic N) is 4. The van der Waals surface area contributed by atoms with Crippen molar-refractivity contribution in [3.63, 3.8) is 0 Å². The molecule has 1 aromatic heterocycles. The van der Waals surface area contributed by atoms with Crippen LogP contribution in [0.25, 0.3) is 0 Å². The molecule has 0 aliphatic carbocycles. The van der Waals surface area contributed by atoms with Crippen molar-refractivity contribution >= 4 is 15.9 Å². The second kappa shape index (κ2) is 8.21. The maximum atomic E-state index is 5.06. The van der Waals surface area contributed by atoms with Crippen molar-refractivity contribution in [2.45, 2.75) is 12.3 Å². The van der Waals surface area contributed by atoms with Crippen molar-refractivity contribution in [3.05, 3.63) is 40.1 Å². The first-order chi connectivity index (χ1) is 10.2. The topological polar surface area (TPSA) is 64.9 Å². The highest BCUT2D eigenvalue weighted by molar-refractivity contribution is 9.10. The monoisotopic (exact) mass is 353 g/mol. The number of benzene rings is 1. The fraction of sp³-hybridized carbons (Fsp3) is 0.500. The molecule has 1 aromatic carbocycles. The lowest BCUT2D eigenvalue weighted by Crippen LogP contribution is -2.26. The van der Waals surface area contributed by atoms with Gasteiger partial charge in [0.05, 0.1) is 13.7 Å². The fourth-order valence-corrected chi connectivity index (χ4v) is 2.38. The van der Waals surface area contributed by atoms with Gasteiger partial charge in [-0.25, -0.2) is 0 Å². The maximum Gasteiger partial charge on any atom is 0.175 e. The number of rotatable bonds is 8. The number of aryl methyl sites for hydroxylation is 1. The molecule has 6 nitrogen and oxygen atoms in total. The van der Waals surface area contributed by atoms with Crippen LogP contribution in [0.1, 0.15) is 17.3 Å². The van der Waals surface area contributed by atoms with Crippen LogP contribution >= 0.6 is 15.9 Å². The number of hydrogen-bond acceptors (Lipinski definition) is 5. The quantitative estimate of drug-likeness (QED) is 0.729. The third-order valence-corrected chi connectivity index (χ3v) is 3.72. The first-order valence-electron chi connectivity index (χ1n) is 6.87. The second-order valence-electron chi connectivity index (χ2n) is 4.84. The molecule has 0 amide bonds. The lowest BCUT2D eigenvalue weighted by molar-refractivity contribution is 0.199. The molecule has 0 spiro atoms. The molecule has 2 rings (SSSR count). The van der Waals surface area contributed by atoms with Crippen molar-refractivity contribution in [2.75, 3.05) is 26.8 Å². The van der Waals surface area contributed by atoms with Crippen LogP contribution in [0.4, 0.5) is 0 Å². The highest BCUT2D eigenvalue weighted by Gasteiger charge is 2.15.